The molecular formula is C35H53NO2. The average molecular weight is 520 g/mol. The molecule has 0 bridgehead atoms. The van der Waals surface area contributed by atoms with E-state index in [1.165, 1.54) is 62.5 Å². The normalized spacial score (nSPS) is 45.3. The van der Waals surface area contributed by atoms with Crippen molar-refractivity contribution in [1.29, 1.82) is 0 Å². The number of aliphatic hydroxyl groups is 2. The Balaban J connectivity index is 1.31. The first-order valence-corrected chi connectivity index (χ1v) is 15.9. The Morgan fingerprint density at radius 2 is 1.89 bits per heavy atom. The van der Waals surface area contributed by atoms with Crippen LogP contribution in [0.15, 0.2) is 40.4 Å². The van der Waals surface area contributed by atoms with E-state index in [4.69, 9.17) is 0 Å². The monoisotopic (exact) mass is 519 g/mol. The first kappa shape index (κ1) is 27.0. The lowest BCUT2D eigenvalue weighted by Crippen LogP contribution is -2.54. The molecule has 0 unspecified atom stereocenters. The molecule has 2 spiro atoms. The van der Waals surface area contributed by atoms with Gasteiger partial charge in [0, 0.05) is 19.4 Å². The van der Waals surface area contributed by atoms with Crippen LogP contribution in [0.4, 0.5) is 0 Å². The van der Waals surface area contributed by atoms with Crippen LogP contribution in [0.2, 0.25) is 0 Å². The third-order valence-electron chi connectivity index (χ3n) is 13.3. The van der Waals surface area contributed by atoms with E-state index in [1.807, 2.05) is 6.21 Å². The van der Waals surface area contributed by atoms with Gasteiger partial charge < -0.3 is 10.2 Å². The summed E-state index contributed by atoms with van der Waals surface area (Å²) in [4.78, 5) is 4.38. The third kappa shape index (κ3) is 3.99. The lowest BCUT2D eigenvalue weighted by molar-refractivity contribution is -0.0502. The van der Waals surface area contributed by atoms with Crippen molar-refractivity contribution in [2.75, 3.05) is 19.8 Å². The standard InChI is InChI=1S/C35H53NO2/c1-23-15-29-33(5,31-30(23)32(31,3)4)24(2)34(11-8-25(18-34)7-6-14-37)22-35(29)12-9-26(19-35)16-28(21-38)17-27-10-13-36-20-27/h10,15,20,24-26,28,30-31,37-38H,1,6-9,11-14,16-19,21-22H2,2-5H3/t24-,25+,26+,28+,30-,31+,33-,34-,35+/m1/s1. The topological polar surface area (TPSA) is 52.8 Å². The fourth-order valence-corrected chi connectivity index (χ4v) is 11.7. The number of aliphatic imine (C=N–C) groups is 1. The molecule has 1 heterocycles. The minimum Gasteiger partial charge on any atom is -0.396 e. The molecular weight excluding hydrogens is 466 g/mol. The number of allylic oxidation sites excluding steroid dienone is 4. The van der Waals surface area contributed by atoms with Crippen molar-refractivity contribution in [3.05, 3.63) is 35.5 Å². The van der Waals surface area contributed by atoms with Crippen molar-refractivity contribution >= 4 is 6.21 Å². The van der Waals surface area contributed by atoms with Gasteiger partial charge in [-0.25, -0.2) is 0 Å². The van der Waals surface area contributed by atoms with Crippen LogP contribution in [0.5, 0.6) is 0 Å². The second kappa shape index (κ2) is 9.44. The van der Waals surface area contributed by atoms with Crippen molar-refractivity contribution in [2.24, 2.45) is 62.2 Å². The second-order valence-corrected chi connectivity index (χ2v) is 15.6. The van der Waals surface area contributed by atoms with Crippen LogP contribution in [0.3, 0.4) is 0 Å². The van der Waals surface area contributed by atoms with E-state index in [1.54, 1.807) is 5.57 Å². The fourth-order valence-electron chi connectivity index (χ4n) is 11.7. The number of nitrogens with zero attached hydrogens (tertiary/aromatic N) is 1. The Morgan fingerprint density at radius 1 is 1.11 bits per heavy atom. The van der Waals surface area contributed by atoms with Gasteiger partial charge in [-0.2, -0.15) is 0 Å². The molecule has 9 atom stereocenters. The molecule has 2 N–H and O–H groups in total. The highest BCUT2D eigenvalue weighted by Crippen LogP contribution is 2.82. The minimum absolute atomic E-state index is 0.260. The zero-order valence-electron chi connectivity index (χ0n) is 24.6. The molecule has 3 heteroatoms. The van der Waals surface area contributed by atoms with Crippen molar-refractivity contribution in [3.8, 4) is 0 Å². The maximum Gasteiger partial charge on any atom is 0.0576 e. The molecule has 4 fully saturated rings. The quantitative estimate of drug-likeness (QED) is 0.348. The van der Waals surface area contributed by atoms with Gasteiger partial charge in [-0.3, -0.25) is 4.99 Å². The van der Waals surface area contributed by atoms with Crippen LogP contribution in [-0.4, -0.2) is 36.2 Å². The zero-order chi connectivity index (χ0) is 26.9. The maximum atomic E-state index is 10.3. The van der Waals surface area contributed by atoms with Crippen LogP contribution < -0.4 is 0 Å². The van der Waals surface area contributed by atoms with E-state index in [2.05, 4.69) is 51.4 Å². The summed E-state index contributed by atoms with van der Waals surface area (Å²) in [6.45, 7) is 16.4. The second-order valence-electron chi connectivity index (χ2n) is 15.6. The largest absolute Gasteiger partial charge is 0.396 e. The van der Waals surface area contributed by atoms with Crippen molar-refractivity contribution in [2.45, 2.75) is 98.3 Å². The van der Waals surface area contributed by atoms with E-state index in [0.717, 1.165) is 37.6 Å². The number of aliphatic hydroxyl groups excluding tert-OH is 2. The summed E-state index contributed by atoms with van der Waals surface area (Å²) in [6, 6.07) is 0. The molecule has 1 aliphatic heterocycles. The highest BCUT2D eigenvalue weighted by Gasteiger charge is 2.75. The Labute approximate surface area is 232 Å². The number of hydrogen-bond acceptors (Lipinski definition) is 3. The Kier molecular flexibility index (Phi) is 6.71. The smallest absolute Gasteiger partial charge is 0.0576 e. The van der Waals surface area contributed by atoms with E-state index < -0.39 is 0 Å². The number of rotatable bonds is 8. The third-order valence-corrected chi connectivity index (χ3v) is 13.3. The highest BCUT2D eigenvalue weighted by atomic mass is 16.3. The minimum atomic E-state index is 0.260. The van der Waals surface area contributed by atoms with Gasteiger partial charge in [-0.15, -0.1) is 0 Å². The van der Waals surface area contributed by atoms with E-state index >= 15 is 0 Å². The van der Waals surface area contributed by atoms with Crippen LogP contribution in [0, 0.1) is 57.2 Å². The molecule has 210 valence electrons. The fraction of sp³-hybridized carbons (Fsp3) is 0.800. The van der Waals surface area contributed by atoms with Gasteiger partial charge in [0.15, 0.2) is 0 Å². The van der Waals surface area contributed by atoms with Gasteiger partial charge >= 0.3 is 0 Å². The van der Waals surface area contributed by atoms with E-state index in [9.17, 15) is 10.2 Å². The summed E-state index contributed by atoms with van der Waals surface area (Å²) in [5.74, 6) is 3.91. The van der Waals surface area contributed by atoms with Crippen LogP contribution in [0.25, 0.3) is 0 Å². The maximum absolute atomic E-state index is 10.3. The molecule has 6 aliphatic rings. The highest BCUT2D eigenvalue weighted by molar-refractivity contribution is 5.80. The molecule has 5 aliphatic carbocycles. The average Bonchev–Trinajstić information content (AvgIpc) is 3.38. The number of hydrogen-bond donors (Lipinski definition) is 2. The van der Waals surface area contributed by atoms with Crippen LogP contribution in [0.1, 0.15) is 98.3 Å². The Morgan fingerprint density at radius 3 is 2.61 bits per heavy atom. The molecule has 6 rings (SSSR count). The van der Waals surface area contributed by atoms with Gasteiger partial charge in [0.1, 0.15) is 0 Å². The Hall–Kier alpha value is -1.19. The Bertz CT molecular complexity index is 1050. The molecule has 0 radical (unpaired) electrons. The summed E-state index contributed by atoms with van der Waals surface area (Å²) in [5, 5.41) is 19.8. The van der Waals surface area contributed by atoms with Crippen molar-refractivity contribution in [3.63, 3.8) is 0 Å². The SMILES string of the molecule is C=C1C=C2[C@]3(CC[C@@H](C[C@H](CO)CC4=CCN=C4)C3)C[C@]3(CC[C@H](CCCO)C3)[C@H](C)[C@@]2(C)[C@H]2[C@@H]1C2(C)C. The summed E-state index contributed by atoms with van der Waals surface area (Å²) in [6.07, 6.45) is 20.6. The number of fused-ring (bicyclic) bond motifs is 4. The lowest BCUT2D eigenvalue weighted by atomic mass is 9.42. The van der Waals surface area contributed by atoms with E-state index in [0.29, 0.717) is 46.5 Å². The summed E-state index contributed by atoms with van der Waals surface area (Å²) >= 11 is 0. The zero-order valence-corrected chi connectivity index (χ0v) is 24.6. The molecule has 38 heavy (non-hydrogen) atoms. The van der Waals surface area contributed by atoms with Gasteiger partial charge in [0.05, 0.1) is 6.54 Å². The summed E-state index contributed by atoms with van der Waals surface area (Å²) in [5.41, 5.74) is 5.87. The van der Waals surface area contributed by atoms with E-state index in [-0.39, 0.29) is 12.0 Å². The van der Waals surface area contributed by atoms with Gasteiger partial charge in [0.2, 0.25) is 0 Å². The predicted molar refractivity (Wildman–Crippen MR) is 157 cm³/mol. The summed E-state index contributed by atoms with van der Waals surface area (Å²) < 4.78 is 0. The van der Waals surface area contributed by atoms with Crippen molar-refractivity contribution < 1.29 is 10.2 Å². The first-order chi connectivity index (χ1) is 18.1. The molecule has 0 saturated heterocycles. The summed E-state index contributed by atoms with van der Waals surface area (Å²) in [7, 11) is 0. The molecule has 0 aromatic carbocycles. The van der Waals surface area contributed by atoms with Crippen molar-refractivity contribution in [1.82, 2.24) is 0 Å². The van der Waals surface area contributed by atoms with Crippen LogP contribution >= 0.6 is 0 Å². The van der Waals surface area contributed by atoms with Gasteiger partial charge in [0.25, 0.3) is 0 Å². The molecule has 0 amide bonds. The van der Waals surface area contributed by atoms with Gasteiger partial charge in [-0.1, -0.05) is 57.6 Å². The lowest BCUT2D eigenvalue weighted by Gasteiger charge is -2.62. The molecule has 0 aromatic heterocycles. The predicted octanol–water partition coefficient (Wildman–Crippen LogP) is 7.55. The van der Waals surface area contributed by atoms with Crippen LogP contribution in [-0.2, 0) is 0 Å². The molecule has 0 aromatic rings. The molecule has 4 saturated carbocycles. The first-order valence-electron chi connectivity index (χ1n) is 15.9. The molecule has 3 nitrogen and oxygen atoms in total. The van der Waals surface area contributed by atoms with Gasteiger partial charge in [-0.05, 0) is 133 Å².